The average molecular weight is 2210 g/mol. The van der Waals surface area contributed by atoms with Crippen molar-refractivity contribution in [3.8, 4) is 34.2 Å². The number of amides is 5. The summed E-state index contributed by atoms with van der Waals surface area (Å²) in [6.07, 6.45) is 39.3. The predicted molar refractivity (Wildman–Crippen MR) is 549 cm³/mol. The maximum absolute atomic E-state index is 13.3. The number of halogens is 9. The number of methoxy groups -OCH3 is 1. The number of carbonyl (C=O) groups is 5. The second-order valence-electron chi connectivity index (χ2n) is 35.6. The third kappa shape index (κ3) is 20.0. The Bertz CT molecular complexity index is 8030. The van der Waals surface area contributed by atoms with Crippen molar-refractivity contribution in [2.45, 2.75) is 91.9 Å². The third-order valence-corrected chi connectivity index (χ3v) is 28.0. The van der Waals surface area contributed by atoms with Crippen LogP contribution in [0.2, 0.25) is 5.02 Å². The lowest BCUT2D eigenvalue weighted by Crippen LogP contribution is -2.35. The maximum atomic E-state index is 13.3. The number of pyridine rings is 9. The first-order valence-electron chi connectivity index (χ1n) is 46.0. The number of aromatic nitrogens is 19. The van der Waals surface area contributed by atoms with Crippen LogP contribution in [0.4, 0.5) is 22.0 Å². The SMILES string of the molecule is COc1ccnc(C2(NC(=O)c3cncc4c3cnn4-c3ccc(F)cc3)CC2)c1.O=C(NC1(c2cc(Cl)ccn2)CC1)c1cncc2c1cnn2-c1ccc(F)cc1.O=C(NC1(c2cc(I)ccn2)CC1)c1cncc2c1cnn2-c1ccc(F)cc1.O=C(NC1(c2ccc(Br)cc2)CC1)c1cncc2c1cnn2-c1ccc(F)cc1.O=C(NC1(c2ccc(Br)cn2)CC1)c1cncc2c1cnn2-c1ccc(F)cc1. The summed E-state index contributed by atoms with van der Waals surface area (Å²) in [5, 5.41) is 41.5. The molecule has 30 nitrogen and oxygen atoms in total. The number of hydrogen-bond donors (Lipinski definition) is 5. The fraction of sp³-hybridized carbons (Fsp3) is 0.150. The molecule has 0 radical (unpaired) electrons. The summed E-state index contributed by atoms with van der Waals surface area (Å²) in [7, 11) is 1.60. The van der Waals surface area contributed by atoms with Gasteiger partial charge in [-0.2, -0.15) is 25.5 Å². The summed E-state index contributed by atoms with van der Waals surface area (Å²) in [5.74, 6) is -2.00. The zero-order valence-electron chi connectivity index (χ0n) is 76.9. The number of benzene rings is 6. The van der Waals surface area contributed by atoms with E-state index < -0.39 is 22.2 Å². The number of ether oxygens (including phenoxy) is 1. The lowest BCUT2D eigenvalue weighted by molar-refractivity contribution is 0.0922. The molecule has 0 atom stereocenters. The van der Waals surface area contributed by atoms with Crippen LogP contribution in [0.15, 0.2) is 321 Å². The number of nitrogens with zero attached hydrogens (tertiary/aromatic N) is 19. The highest BCUT2D eigenvalue weighted by molar-refractivity contribution is 14.1. The molecule has 726 valence electrons. The Morgan fingerprint density at radius 2 is 0.582 bits per heavy atom. The standard InChI is InChI=1S/C22H16BrFN4O.C22H18FN5O2.C21H15BrFN5O.C21H15ClFN5O.C21H15FIN5O/c23-15-3-1-14(2-4-15)22(9-10-22)27-21(29)19-11-25-13-20-18(19)12-26-28(20)17-7-5-16(24)6-8-17;1-30-16-6-9-25-20(10-16)22(7-8-22)27-21(29)18-11-24-13-19-17(18)12-26-28(19)15-4-2-14(23)3-5-15;22-13-1-6-19(25-9-13)21(7-8-21)27-20(29)17-10-24-12-18-16(17)11-26-28(18)15-4-2-14(23)3-5-15;22-13-5-8-25-19(9-13)21(6-7-21)27-20(29)17-10-24-12-18-16(17)11-26-28(18)15-3-1-14(23)2-4-15;22-13-1-3-15(4-2-13)28-18-12-24-10-17(16(18)11-26-28)20(29)27-21(6-7-21)19-9-14(23)5-8-25-19/h1-8,11-13H,9-10H2,(H,27,29);2-6,9-13H,7-8H2,1H3,(H,27,29);1-6,9-12H,7-8H2,(H,27,29);2*1-5,8-12H,6-7H2,(H,27,29). The average Bonchev–Trinajstić information content (AvgIpc) is 1.61. The van der Waals surface area contributed by atoms with Gasteiger partial charge in [0.25, 0.3) is 29.5 Å². The molecule has 0 saturated heterocycles. The van der Waals surface area contributed by atoms with Crippen LogP contribution in [0.1, 0.15) is 144 Å². The second kappa shape index (κ2) is 39.8. The number of carbonyl (C=O) groups excluding carboxylic acids is 5. The Kier molecular flexibility index (Phi) is 26.2. The topological polar surface area (TPSA) is 360 Å². The molecular weight excluding hydrogens is 2130 g/mol. The molecule has 5 N–H and O–H groups in total. The highest BCUT2D eigenvalue weighted by atomic mass is 127. The molecule has 14 aromatic heterocycles. The van der Waals surface area contributed by atoms with E-state index >= 15 is 0 Å². The van der Waals surface area contributed by atoms with E-state index in [2.05, 4.69) is 151 Å². The van der Waals surface area contributed by atoms with E-state index in [4.69, 9.17) is 16.3 Å². The van der Waals surface area contributed by atoms with Crippen LogP contribution < -0.4 is 31.3 Å². The van der Waals surface area contributed by atoms with Gasteiger partial charge in [-0.3, -0.25) is 68.8 Å². The van der Waals surface area contributed by atoms with Crippen LogP contribution in [0.5, 0.6) is 5.75 Å². The van der Waals surface area contributed by atoms with Crippen molar-refractivity contribution >= 4 is 150 Å². The van der Waals surface area contributed by atoms with Crippen LogP contribution in [0.3, 0.4) is 0 Å². The Labute approximate surface area is 862 Å². The van der Waals surface area contributed by atoms with Crippen molar-refractivity contribution in [3.63, 3.8) is 0 Å². The molecule has 5 fully saturated rings. The molecule has 5 aliphatic rings. The second-order valence-corrected chi connectivity index (χ2v) is 39.1. The first kappa shape index (κ1) is 96.0. The van der Waals surface area contributed by atoms with Gasteiger partial charge in [0.2, 0.25) is 0 Å². The number of fused-ring (bicyclic) bond motifs is 5. The normalized spacial score (nSPS) is 14.6. The van der Waals surface area contributed by atoms with Crippen molar-refractivity contribution in [2.24, 2.45) is 0 Å². The highest BCUT2D eigenvalue weighted by Gasteiger charge is 2.52. The molecule has 25 rings (SSSR count). The molecule has 0 aliphatic heterocycles. The van der Waals surface area contributed by atoms with Gasteiger partial charge in [0, 0.05) is 106 Å². The van der Waals surface area contributed by atoms with Gasteiger partial charge in [-0.25, -0.2) is 45.4 Å². The molecule has 0 unspecified atom stereocenters. The van der Waals surface area contributed by atoms with Gasteiger partial charge in [0.15, 0.2) is 0 Å². The molecule has 6 aromatic carbocycles. The zero-order chi connectivity index (χ0) is 101. The molecule has 5 saturated carbocycles. The minimum atomic E-state index is -0.503. The van der Waals surface area contributed by atoms with Crippen LogP contribution in [-0.4, -0.2) is 130 Å². The molecule has 39 heteroatoms. The zero-order valence-corrected chi connectivity index (χ0v) is 82.9. The summed E-state index contributed by atoms with van der Waals surface area (Å²) < 4.78 is 82.7. The molecule has 20 aromatic rings. The Balaban J connectivity index is 0.000000107. The van der Waals surface area contributed by atoms with E-state index in [1.165, 1.54) is 73.1 Å². The van der Waals surface area contributed by atoms with Crippen molar-refractivity contribution in [1.82, 2.24) is 120 Å². The highest BCUT2D eigenvalue weighted by Crippen LogP contribution is 2.50. The quantitative estimate of drug-likeness (QED) is 0.0329. The van der Waals surface area contributed by atoms with Crippen molar-refractivity contribution in [3.05, 3.63) is 415 Å². The lowest BCUT2D eigenvalue weighted by atomic mass is 10.0. The lowest BCUT2D eigenvalue weighted by Gasteiger charge is -2.18. The third-order valence-electron chi connectivity index (χ3n) is 26.1. The first-order valence-corrected chi connectivity index (χ1v) is 49.0. The fourth-order valence-electron chi connectivity index (χ4n) is 17.4. The fourth-order valence-corrected chi connectivity index (χ4v) is 18.5. The summed E-state index contributed by atoms with van der Waals surface area (Å²) in [5.41, 5.74) is 11.2. The number of nitrogens with one attached hydrogen (secondary N) is 5. The maximum Gasteiger partial charge on any atom is 0.254 e. The Morgan fingerprint density at radius 1 is 0.308 bits per heavy atom. The van der Waals surface area contributed by atoms with E-state index in [1.807, 2.05) is 54.6 Å². The molecule has 5 amide bonds. The summed E-state index contributed by atoms with van der Waals surface area (Å²) in [4.78, 5) is 104. The predicted octanol–water partition coefficient (Wildman–Crippen LogP) is 20.3. The van der Waals surface area contributed by atoms with E-state index in [1.54, 1.807) is 215 Å². The molecule has 14 heterocycles. The van der Waals surface area contributed by atoms with Crippen molar-refractivity contribution < 1.29 is 50.7 Å². The summed E-state index contributed by atoms with van der Waals surface area (Å²) in [6.45, 7) is 0. The first-order chi connectivity index (χ1) is 70.8. The van der Waals surface area contributed by atoms with Crippen LogP contribution in [-0.2, 0) is 27.7 Å². The van der Waals surface area contributed by atoms with Gasteiger partial charge < -0.3 is 31.3 Å². The summed E-state index contributed by atoms with van der Waals surface area (Å²) >= 11 is 15.2. The largest absolute Gasteiger partial charge is 0.497 e. The minimum absolute atomic E-state index is 0.179. The molecule has 0 spiro atoms. The smallest absolute Gasteiger partial charge is 0.254 e. The van der Waals surface area contributed by atoms with Gasteiger partial charge in [0.05, 0.1) is 203 Å². The van der Waals surface area contributed by atoms with Crippen LogP contribution in [0.25, 0.3) is 83.0 Å². The molecule has 0 bridgehead atoms. The summed E-state index contributed by atoms with van der Waals surface area (Å²) in [6, 6.07) is 52.9. The molecule has 5 aliphatic carbocycles. The van der Waals surface area contributed by atoms with E-state index in [0.717, 1.165) is 105 Å². The Hall–Kier alpha value is -16.2. The van der Waals surface area contributed by atoms with Gasteiger partial charge in [-0.15, -0.1) is 0 Å². The van der Waals surface area contributed by atoms with Crippen LogP contribution >= 0.6 is 66.1 Å². The van der Waals surface area contributed by atoms with E-state index in [0.29, 0.717) is 122 Å². The molecule has 146 heavy (non-hydrogen) atoms. The number of hydrogen-bond acceptors (Lipinski definition) is 20. The van der Waals surface area contributed by atoms with Crippen LogP contribution in [0, 0.1) is 32.7 Å². The number of rotatable bonds is 21. The van der Waals surface area contributed by atoms with Crippen molar-refractivity contribution in [2.75, 3.05) is 7.11 Å². The van der Waals surface area contributed by atoms with Gasteiger partial charge in [-0.1, -0.05) is 39.7 Å². The van der Waals surface area contributed by atoms with Gasteiger partial charge in [0.1, 0.15) is 34.8 Å². The Morgan fingerprint density at radius 3 is 0.863 bits per heavy atom. The van der Waals surface area contributed by atoms with E-state index in [9.17, 15) is 45.9 Å². The van der Waals surface area contributed by atoms with Gasteiger partial charge >= 0.3 is 0 Å². The monoisotopic (exact) mass is 2210 g/mol. The van der Waals surface area contributed by atoms with Crippen molar-refractivity contribution in [1.29, 1.82) is 0 Å². The molecular formula is C107H79Br2ClF5IN24O6. The van der Waals surface area contributed by atoms with Gasteiger partial charge in [-0.05, 0) is 284 Å². The van der Waals surface area contributed by atoms with E-state index in [-0.39, 0.29) is 64.2 Å². The minimum Gasteiger partial charge on any atom is -0.497 e.